The molecule has 0 aliphatic carbocycles. The molecule has 0 radical (unpaired) electrons. The lowest BCUT2D eigenvalue weighted by atomic mass is 10.2. The summed E-state index contributed by atoms with van der Waals surface area (Å²) < 4.78 is 50.8. The minimum absolute atomic E-state index is 0.0923. The van der Waals surface area contributed by atoms with Crippen molar-refractivity contribution in [3.8, 4) is 17.4 Å². The minimum atomic E-state index is -4.64. The molecule has 5 nitrogen and oxygen atoms in total. The van der Waals surface area contributed by atoms with Crippen molar-refractivity contribution in [1.29, 1.82) is 0 Å². The third-order valence-corrected chi connectivity index (χ3v) is 3.93. The monoisotopic (exact) mass is 389 g/mol. The van der Waals surface area contributed by atoms with Gasteiger partial charge in [0.2, 0.25) is 11.8 Å². The quantitative estimate of drug-likeness (QED) is 0.561. The fourth-order valence-corrected chi connectivity index (χ4v) is 2.58. The second-order valence-corrected chi connectivity index (χ2v) is 5.75. The fraction of sp³-hybridized carbons (Fsp3) is 0.200. The van der Waals surface area contributed by atoms with Gasteiger partial charge in [-0.2, -0.15) is 18.2 Å². The van der Waals surface area contributed by atoms with Crippen LogP contribution in [0.5, 0.6) is 17.4 Å². The third-order valence-electron chi connectivity index (χ3n) is 3.93. The molecular weight excluding hydrogens is 371 g/mol. The van der Waals surface area contributed by atoms with E-state index in [0.717, 1.165) is 6.20 Å². The van der Waals surface area contributed by atoms with Gasteiger partial charge in [0.15, 0.2) is 0 Å². The van der Waals surface area contributed by atoms with Crippen LogP contribution in [0, 0.1) is 0 Å². The molecule has 0 unspecified atom stereocenters. The molecule has 0 saturated carbocycles. The lowest BCUT2D eigenvalue weighted by Gasteiger charge is -2.22. The number of aromatic nitrogens is 2. The van der Waals surface area contributed by atoms with Crippen LogP contribution in [-0.4, -0.2) is 23.6 Å². The lowest BCUT2D eigenvalue weighted by molar-refractivity contribution is -0.139. The molecule has 8 heteroatoms. The topological polar surface area (TPSA) is 47.5 Å². The third kappa shape index (κ3) is 4.33. The Bertz CT molecular complexity index is 933. The summed E-state index contributed by atoms with van der Waals surface area (Å²) in [6, 6.07) is 15.3. The van der Waals surface area contributed by atoms with Crippen LogP contribution in [0.25, 0.3) is 0 Å². The second kappa shape index (κ2) is 8.16. The highest BCUT2D eigenvalue weighted by Gasteiger charge is 2.37. The number of anilines is 2. The van der Waals surface area contributed by atoms with Gasteiger partial charge >= 0.3 is 6.18 Å². The first kappa shape index (κ1) is 19.5. The zero-order chi connectivity index (χ0) is 20.1. The van der Waals surface area contributed by atoms with E-state index < -0.39 is 17.6 Å². The van der Waals surface area contributed by atoms with Crippen LogP contribution in [0.3, 0.4) is 0 Å². The zero-order valence-electron chi connectivity index (χ0n) is 15.3. The van der Waals surface area contributed by atoms with Crippen molar-refractivity contribution in [1.82, 2.24) is 9.97 Å². The van der Waals surface area contributed by atoms with Crippen molar-refractivity contribution < 1.29 is 22.6 Å². The number of para-hydroxylation sites is 1. The van der Waals surface area contributed by atoms with E-state index >= 15 is 0 Å². The van der Waals surface area contributed by atoms with E-state index in [9.17, 15) is 13.2 Å². The molecule has 0 aliphatic rings. The molecule has 0 aliphatic heterocycles. The van der Waals surface area contributed by atoms with Gasteiger partial charge < -0.3 is 14.4 Å². The largest absolute Gasteiger partial charge is 0.497 e. The molecule has 1 heterocycles. The predicted octanol–water partition coefficient (Wildman–Crippen LogP) is 5.45. The van der Waals surface area contributed by atoms with Gasteiger partial charge in [-0.1, -0.05) is 24.3 Å². The van der Waals surface area contributed by atoms with Crippen LogP contribution in [-0.2, 0) is 6.18 Å². The molecule has 2 aromatic carbocycles. The second-order valence-electron chi connectivity index (χ2n) is 5.75. The molecular formula is C20H18F3N3O2. The van der Waals surface area contributed by atoms with Crippen LogP contribution in [0.2, 0.25) is 0 Å². The smallest absolute Gasteiger partial charge is 0.423 e. The first-order chi connectivity index (χ1) is 13.4. The van der Waals surface area contributed by atoms with Crippen LogP contribution in [0.1, 0.15) is 12.5 Å². The van der Waals surface area contributed by atoms with Crippen LogP contribution < -0.4 is 14.4 Å². The Labute approximate surface area is 160 Å². The van der Waals surface area contributed by atoms with Crippen LogP contribution >= 0.6 is 0 Å². The van der Waals surface area contributed by atoms with E-state index in [1.165, 1.54) is 7.11 Å². The Hall–Kier alpha value is -3.29. The van der Waals surface area contributed by atoms with Gasteiger partial charge in [-0.25, -0.2) is 4.98 Å². The van der Waals surface area contributed by atoms with E-state index in [2.05, 4.69) is 9.97 Å². The molecule has 0 amide bonds. The summed E-state index contributed by atoms with van der Waals surface area (Å²) >= 11 is 0. The van der Waals surface area contributed by atoms with Crippen LogP contribution in [0.4, 0.5) is 24.8 Å². The Morgan fingerprint density at radius 3 is 2.36 bits per heavy atom. The number of hydrogen-bond acceptors (Lipinski definition) is 5. The fourth-order valence-electron chi connectivity index (χ4n) is 2.58. The SMILES string of the molecule is CCN(c1cccc(OC)c1)c1ncc(C(F)(F)F)c(Oc2ccccc2)n1. The van der Waals surface area contributed by atoms with E-state index in [-0.39, 0.29) is 11.7 Å². The van der Waals surface area contributed by atoms with E-state index in [1.54, 1.807) is 59.5 Å². The number of nitrogens with zero attached hydrogens (tertiary/aromatic N) is 3. The number of hydrogen-bond donors (Lipinski definition) is 0. The number of benzene rings is 2. The maximum Gasteiger partial charge on any atom is 0.423 e. The number of alkyl halides is 3. The van der Waals surface area contributed by atoms with Crippen molar-refractivity contribution in [2.24, 2.45) is 0 Å². The van der Waals surface area contributed by atoms with Crippen molar-refractivity contribution in [2.45, 2.75) is 13.1 Å². The Morgan fingerprint density at radius 2 is 1.71 bits per heavy atom. The predicted molar refractivity (Wildman–Crippen MR) is 99.2 cm³/mol. The number of methoxy groups -OCH3 is 1. The van der Waals surface area contributed by atoms with Crippen LogP contribution in [0.15, 0.2) is 60.8 Å². The Balaban J connectivity index is 2.04. The summed E-state index contributed by atoms with van der Waals surface area (Å²) in [5.74, 6) is 0.408. The maximum absolute atomic E-state index is 13.4. The molecule has 0 N–H and O–H groups in total. The van der Waals surface area contributed by atoms with Gasteiger partial charge in [-0.15, -0.1) is 0 Å². The minimum Gasteiger partial charge on any atom is -0.497 e. The molecule has 3 aromatic rings. The molecule has 0 atom stereocenters. The highest BCUT2D eigenvalue weighted by molar-refractivity contribution is 5.60. The normalized spacial score (nSPS) is 11.2. The summed E-state index contributed by atoms with van der Waals surface area (Å²) in [5.41, 5.74) is -0.353. The zero-order valence-corrected chi connectivity index (χ0v) is 15.3. The standard InChI is InChI=1S/C20H18F3N3O2/c1-3-26(14-8-7-11-16(12-14)27-2)19-24-13-17(20(21,22)23)18(25-19)28-15-9-5-4-6-10-15/h4-13H,3H2,1-2H3. The van der Waals surface area contributed by atoms with E-state index in [4.69, 9.17) is 9.47 Å². The summed E-state index contributed by atoms with van der Waals surface area (Å²) in [7, 11) is 1.54. The average molecular weight is 389 g/mol. The molecule has 0 saturated heterocycles. The molecule has 0 fully saturated rings. The Morgan fingerprint density at radius 1 is 1.00 bits per heavy atom. The Kier molecular flexibility index (Phi) is 5.67. The summed E-state index contributed by atoms with van der Waals surface area (Å²) in [6.07, 6.45) is -3.90. The van der Waals surface area contributed by atoms with Gasteiger partial charge in [0.25, 0.3) is 0 Å². The molecule has 1 aromatic heterocycles. The first-order valence-corrected chi connectivity index (χ1v) is 8.51. The van der Waals surface area contributed by atoms with Crippen molar-refractivity contribution in [3.05, 3.63) is 66.4 Å². The van der Waals surface area contributed by atoms with Gasteiger partial charge in [0.05, 0.1) is 7.11 Å². The van der Waals surface area contributed by atoms with Crippen molar-refractivity contribution in [3.63, 3.8) is 0 Å². The maximum atomic E-state index is 13.4. The van der Waals surface area contributed by atoms with E-state index in [0.29, 0.717) is 18.0 Å². The van der Waals surface area contributed by atoms with Gasteiger partial charge in [-0.05, 0) is 31.2 Å². The first-order valence-electron chi connectivity index (χ1n) is 8.51. The van der Waals surface area contributed by atoms with Crippen molar-refractivity contribution in [2.75, 3.05) is 18.6 Å². The average Bonchev–Trinajstić information content (AvgIpc) is 2.69. The van der Waals surface area contributed by atoms with Gasteiger partial charge in [-0.3, -0.25) is 0 Å². The molecule has 28 heavy (non-hydrogen) atoms. The number of rotatable bonds is 6. The summed E-state index contributed by atoms with van der Waals surface area (Å²) in [5, 5.41) is 0. The van der Waals surface area contributed by atoms with Gasteiger partial charge in [0.1, 0.15) is 17.1 Å². The summed E-state index contributed by atoms with van der Waals surface area (Å²) in [4.78, 5) is 9.66. The summed E-state index contributed by atoms with van der Waals surface area (Å²) in [6.45, 7) is 2.28. The molecule has 3 rings (SSSR count). The van der Waals surface area contributed by atoms with E-state index in [1.807, 2.05) is 6.92 Å². The number of ether oxygens (including phenoxy) is 2. The molecule has 146 valence electrons. The highest BCUT2D eigenvalue weighted by Crippen LogP contribution is 2.38. The molecule has 0 bridgehead atoms. The number of halogens is 3. The molecule has 0 spiro atoms. The highest BCUT2D eigenvalue weighted by atomic mass is 19.4. The van der Waals surface area contributed by atoms with Crippen molar-refractivity contribution >= 4 is 11.6 Å². The van der Waals surface area contributed by atoms with Gasteiger partial charge in [0, 0.05) is 24.5 Å². The lowest BCUT2D eigenvalue weighted by Crippen LogP contribution is -2.20.